The van der Waals surface area contributed by atoms with E-state index < -0.39 is 0 Å². The summed E-state index contributed by atoms with van der Waals surface area (Å²) in [6.45, 7) is 0.731. The van der Waals surface area contributed by atoms with Gasteiger partial charge in [0.25, 0.3) is 0 Å². The van der Waals surface area contributed by atoms with Gasteiger partial charge in [-0.25, -0.2) is 4.79 Å². The van der Waals surface area contributed by atoms with Crippen LogP contribution in [0.25, 0.3) is 0 Å². The van der Waals surface area contributed by atoms with Crippen molar-refractivity contribution in [1.82, 2.24) is 9.80 Å². The van der Waals surface area contributed by atoms with Gasteiger partial charge in [-0.05, 0) is 6.07 Å². The third-order valence-electron chi connectivity index (χ3n) is 2.77. The van der Waals surface area contributed by atoms with Crippen LogP contribution in [0.2, 0.25) is 10.0 Å². The molecule has 0 aliphatic carbocycles. The Kier molecular flexibility index (Phi) is 4.30. The number of thioether (sulfide) groups is 1. The molecule has 0 bridgehead atoms. The van der Waals surface area contributed by atoms with E-state index in [0.29, 0.717) is 10.0 Å². The Labute approximate surface area is 121 Å². The second-order valence-electron chi connectivity index (χ2n) is 4.24. The molecular weight excluding hydrogens is 291 g/mol. The Morgan fingerprint density at radius 2 is 2.17 bits per heavy atom. The highest BCUT2D eigenvalue weighted by atomic mass is 35.5. The summed E-state index contributed by atoms with van der Waals surface area (Å²) in [7, 11) is 3.50. The summed E-state index contributed by atoms with van der Waals surface area (Å²) in [5.41, 5.74) is 0.905. The van der Waals surface area contributed by atoms with Gasteiger partial charge in [0.2, 0.25) is 0 Å². The maximum Gasteiger partial charge on any atom is 0.320 e. The van der Waals surface area contributed by atoms with E-state index in [0.717, 1.165) is 17.9 Å². The lowest BCUT2D eigenvalue weighted by atomic mass is 10.2. The second kappa shape index (κ2) is 5.59. The summed E-state index contributed by atoms with van der Waals surface area (Å²) in [5.74, 6) is 0.910. The van der Waals surface area contributed by atoms with Crippen LogP contribution in [0, 0.1) is 0 Å². The Morgan fingerprint density at radius 3 is 2.83 bits per heavy atom. The maximum absolute atomic E-state index is 12.1. The molecule has 1 aromatic carbocycles. The minimum atomic E-state index is -0.0499. The van der Waals surface area contributed by atoms with Crippen LogP contribution in [0.3, 0.4) is 0 Å². The first-order chi connectivity index (χ1) is 8.52. The molecule has 1 aromatic rings. The number of nitrogens with zero attached hydrogens (tertiary/aromatic N) is 2. The van der Waals surface area contributed by atoms with Crippen molar-refractivity contribution in [3.63, 3.8) is 0 Å². The number of rotatable bonds is 1. The first kappa shape index (κ1) is 13.8. The minimum absolute atomic E-state index is 0.000965. The molecular formula is C12H14Cl2N2OS. The lowest BCUT2D eigenvalue weighted by molar-refractivity contribution is 0.173. The molecule has 3 nitrogen and oxygen atoms in total. The number of benzene rings is 1. The average molecular weight is 305 g/mol. The standard InChI is InChI=1S/C12H14Cl2N2OS/c1-15(2)12(17)16-6-7-18-11(16)8-4-3-5-9(13)10(8)14/h3-5,11H,6-7H2,1-2H3. The van der Waals surface area contributed by atoms with E-state index in [-0.39, 0.29) is 11.4 Å². The number of halogens is 2. The van der Waals surface area contributed by atoms with E-state index in [1.807, 2.05) is 17.0 Å². The number of carbonyl (C=O) groups is 1. The molecule has 1 heterocycles. The molecule has 0 saturated carbocycles. The van der Waals surface area contributed by atoms with Crippen molar-refractivity contribution in [2.45, 2.75) is 5.37 Å². The van der Waals surface area contributed by atoms with E-state index in [1.165, 1.54) is 0 Å². The molecule has 6 heteroatoms. The predicted molar refractivity (Wildman–Crippen MR) is 77.5 cm³/mol. The van der Waals surface area contributed by atoms with Gasteiger partial charge in [-0.2, -0.15) is 0 Å². The summed E-state index contributed by atoms with van der Waals surface area (Å²) >= 11 is 14.0. The van der Waals surface area contributed by atoms with E-state index in [2.05, 4.69) is 0 Å². The first-order valence-corrected chi connectivity index (χ1v) is 7.36. The largest absolute Gasteiger partial charge is 0.331 e. The Bertz CT molecular complexity index is 467. The molecule has 1 aliphatic heterocycles. The van der Waals surface area contributed by atoms with Gasteiger partial charge in [0.05, 0.1) is 10.0 Å². The molecule has 0 spiro atoms. The topological polar surface area (TPSA) is 23.6 Å². The van der Waals surface area contributed by atoms with Crippen LogP contribution in [0.15, 0.2) is 18.2 Å². The maximum atomic E-state index is 12.1. The van der Waals surface area contributed by atoms with Gasteiger partial charge in [-0.15, -0.1) is 11.8 Å². The highest BCUT2D eigenvalue weighted by Crippen LogP contribution is 2.42. The van der Waals surface area contributed by atoms with Crippen molar-refractivity contribution in [1.29, 1.82) is 0 Å². The van der Waals surface area contributed by atoms with Crippen LogP contribution in [-0.2, 0) is 0 Å². The summed E-state index contributed by atoms with van der Waals surface area (Å²) in [6, 6.07) is 5.54. The summed E-state index contributed by atoms with van der Waals surface area (Å²) in [4.78, 5) is 15.5. The number of carbonyl (C=O) groups excluding carboxylic acids is 1. The van der Waals surface area contributed by atoms with Crippen molar-refractivity contribution < 1.29 is 4.79 Å². The highest BCUT2D eigenvalue weighted by molar-refractivity contribution is 7.99. The van der Waals surface area contributed by atoms with Crippen LogP contribution in [0.1, 0.15) is 10.9 Å². The molecule has 1 atom stereocenters. The number of hydrogen-bond donors (Lipinski definition) is 0. The zero-order valence-corrected chi connectivity index (χ0v) is 12.5. The molecule has 18 heavy (non-hydrogen) atoms. The smallest absolute Gasteiger partial charge is 0.320 e. The van der Waals surface area contributed by atoms with E-state index in [1.54, 1.807) is 36.8 Å². The average Bonchev–Trinajstić information content (AvgIpc) is 2.80. The number of hydrogen-bond acceptors (Lipinski definition) is 2. The summed E-state index contributed by atoms with van der Waals surface area (Å²) in [5, 5.41) is 1.01. The van der Waals surface area contributed by atoms with Crippen molar-refractivity contribution in [2.75, 3.05) is 26.4 Å². The van der Waals surface area contributed by atoms with Gasteiger partial charge in [0, 0.05) is 32.0 Å². The van der Waals surface area contributed by atoms with Crippen molar-refractivity contribution in [3.8, 4) is 0 Å². The molecule has 0 N–H and O–H groups in total. The fourth-order valence-corrected chi connectivity index (χ4v) is 3.64. The highest BCUT2D eigenvalue weighted by Gasteiger charge is 2.33. The molecule has 1 aliphatic rings. The Morgan fingerprint density at radius 1 is 1.44 bits per heavy atom. The molecule has 2 rings (SSSR count). The van der Waals surface area contributed by atoms with E-state index in [4.69, 9.17) is 23.2 Å². The zero-order chi connectivity index (χ0) is 13.3. The SMILES string of the molecule is CN(C)C(=O)N1CCSC1c1cccc(Cl)c1Cl. The quantitative estimate of drug-likeness (QED) is 0.789. The molecule has 0 aromatic heterocycles. The van der Waals surface area contributed by atoms with Crippen LogP contribution in [-0.4, -0.2) is 42.2 Å². The zero-order valence-electron chi connectivity index (χ0n) is 10.2. The molecule has 1 fully saturated rings. The predicted octanol–water partition coefficient (Wildman–Crippen LogP) is 3.72. The van der Waals surface area contributed by atoms with Gasteiger partial charge in [-0.1, -0.05) is 35.3 Å². The number of amides is 2. The molecule has 0 radical (unpaired) electrons. The molecule has 1 saturated heterocycles. The fraction of sp³-hybridized carbons (Fsp3) is 0.417. The van der Waals surface area contributed by atoms with Crippen LogP contribution < -0.4 is 0 Å². The third kappa shape index (κ3) is 2.56. The normalized spacial score (nSPS) is 19.1. The van der Waals surface area contributed by atoms with Gasteiger partial charge in [0.15, 0.2) is 0 Å². The first-order valence-electron chi connectivity index (χ1n) is 5.56. The molecule has 1 unspecified atom stereocenters. The van der Waals surface area contributed by atoms with Crippen LogP contribution in [0.4, 0.5) is 4.79 Å². The summed E-state index contributed by atoms with van der Waals surface area (Å²) < 4.78 is 0. The van der Waals surface area contributed by atoms with Gasteiger partial charge in [-0.3, -0.25) is 0 Å². The van der Waals surface area contributed by atoms with Crippen molar-refractivity contribution in [3.05, 3.63) is 33.8 Å². The Balaban J connectivity index is 2.32. The van der Waals surface area contributed by atoms with Crippen molar-refractivity contribution >= 4 is 41.0 Å². The summed E-state index contributed by atoms with van der Waals surface area (Å²) in [6.07, 6.45) is 0. The van der Waals surface area contributed by atoms with Crippen LogP contribution in [0.5, 0.6) is 0 Å². The lowest BCUT2D eigenvalue weighted by Crippen LogP contribution is -2.38. The lowest BCUT2D eigenvalue weighted by Gasteiger charge is -2.27. The van der Waals surface area contributed by atoms with Crippen molar-refractivity contribution in [2.24, 2.45) is 0 Å². The fourth-order valence-electron chi connectivity index (χ4n) is 1.89. The van der Waals surface area contributed by atoms with Gasteiger partial charge >= 0.3 is 6.03 Å². The molecule has 2 amide bonds. The van der Waals surface area contributed by atoms with E-state index in [9.17, 15) is 4.79 Å². The van der Waals surface area contributed by atoms with E-state index >= 15 is 0 Å². The monoisotopic (exact) mass is 304 g/mol. The van der Waals surface area contributed by atoms with Gasteiger partial charge in [0.1, 0.15) is 5.37 Å². The van der Waals surface area contributed by atoms with Gasteiger partial charge < -0.3 is 9.80 Å². The van der Waals surface area contributed by atoms with Crippen LogP contribution >= 0.6 is 35.0 Å². The minimum Gasteiger partial charge on any atom is -0.331 e. The number of urea groups is 1. The second-order valence-corrected chi connectivity index (χ2v) is 6.21. The third-order valence-corrected chi connectivity index (χ3v) is 4.84. The Hall–Kier alpha value is -0.580. The molecule has 98 valence electrons.